The van der Waals surface area contributed by atoms with Crippen molar-refractivity contribution < 1.29 is 13.9 Å². The van der Waals surface area contributed by atoms with Crippen molar-refractivity contribution in [2.45, 2.75) is 19.8 Å². The van der Waals surface area contributed by atoms with E-state index in [9.17, 15) is 9.59 Å². The molecule has 0 unspecified atom stereocenters. The molecule has 112 valence electrons. The van der Waals surface area contributed by atoms with Gasteiger partial charge in [-0.15, -0.1) is 0 Å². The molecule has 1 aromatic heterocycles. The Balaban J connectivity index is 1.75. The van der Waals surface area contributed by atoms with Crippen LogP contribution < -0.4 is 10.2 Å². The second-order valence-electron chi connectivity index (χ2n) is 5.90. The van der Waals surface area contributed by atoms with Crippen molar-refractivity contribution in [2.75, 3.05) is 20.2 Å². The van der Waals surface area contributed by atoms with Gasteiger partial charge in [-0.2, -0.15) is 0 Å². The quantitative estimate of drug-likeness (QED) is 0.782. The summed E-state index contributed by atoms with van der Waals surface area (Å²) in [6.45, 7) is 3.62. The first-order chi connectivity index (χ1) is 10.1. The van der Waals surface area contributed by atoms with E-state index < -0.39 is 0 Å². The molecule has 0 saturated carbocycles. The lowest BCUT2D eigenvalue weighted by atomic mass is 9.83. The van der Waals surface area contributed by atoms with E-state index in [4.69, 9.17) is 9.15 Å². The van der Waals surface area contributed by atoms with Gasteiger partial charge in [0.15, 0.2) is 5.76 Å². The SMILES string of the molecule is COc1coc(C(=O)N2C[C@H]3CC=C(C)C[C@H]3C2)cc1=O. The van der Waals surface area contributed by atoms with Crippen LogP contribution in [0.25, 0.3) is 0 Å². The second-order valence-corrected chi connectivity index (χ2v) is 5.90. The number of nitrogens with zero attached hydrogens (tertiary/aromatic N) is 1. The molecule has 1 aliphatic heterocycles. The number of fused-ring (bicyclic) bond motifs is 1. The Morgan fingerprint density at radius 2 is 2.14 bits per heavy atom. The molecule has 0 radical (unpaired) electrons. The molecule has 5 heteroatoms. The van der Waals surface area contributed by atoms with Gasteiger partial charge in [0.2, 0.25) is 11.2 Å². The summed E-state index contributed by atoms with van der Waals surface area (Å²) in [5.74, 6) is 1.05. The first-order valence-corrected chi connectivity index (χ1v) is 7.20. The highest BCUT2D eigenvalue weighted by Crippen LogP contribution is 2.36. The van der Waals surface area contributed by atoms with Gasteiger partial charge in [-0.25, -0.2) is 0 Å². The zero-order chi connectivity index (χ0) is 15.0. The van der Waals surface area contributed by atoms with Crippen molar-refractivity contribution in [3.63, 3.8) is 0 Å². The number of hydrogen-bond acceptors (Lipinski definition) is 4. The fourth-order valence-corrected chi connectivity index (χ4v) is 3.27. The lowest BCUT2D eigenvalue weighted by Gasteiger charge is -2.21. The summed E-state index contributed by atoms with van der Waals surface area (Å²) in [7, 11) is 1.40. The van der Waals surface area contributed by atoms with Gasteiger partial charge in [0.05, 0.1) is 7.11 Å². The molecule has 3 rings (SSSR count). The molecule has 1 aromatic rings. The van der Waals surface area contributed by atoms with Crippen LogP contribution in [0.4, 0.5) is 0 Å². The highest BCUT2D eigenvalue weighted by molar-refractivity contribution is 5.91. The van der Waals surface area contributed by atoms with E-state index in [1.807, 2.05) is 0 Å². The number of methoxy groups -OCH3 is 1. The maximum Gasteiger partial charge on any atom is 0.289 e. The van der Waals surface area contributed by atoms with Gasteiger partial charge in [-0.1, -0.05) is 11.6 Å². The monoisotopic (exact) mass is 289 g/mol. The number of carbonyl (C=O) groups is 1. The van der Waals surface area contributed by atoms with Crippen molar-refractivity contribution in [1.29, 1.82) is 0 Å². The normalized spacial score (nSPS) is 24.5. The Kier molecular flexibility index (Phi) is 3.57. The predicted molar refractivity (Wildman–Crippen MR) is 77.4 cm³/mol. The molecule has 0 bridgehead atoms. The van der Waals surface area contributed by atoms with Crippen LogP contribution in [0.5, 0.6) is 5.75 Å². The van der Waals surface area contributed by atoms with Gasteiger partial charge in [-0.05, 0) is 31.6 Å². The molecule has 1 amide bonds. The third-order valence-electron chi connectivity index (χ3n) is 4.45. The first-order valence-electron chi connectivity index (χ1n) is 7.20. The number of likely N-dealkylation sites (tertiary alicyclic amines) is 1. The smallest absolute Gasteiger partial charge is 0.289 e. The van der Waals surface area contributed by atoms with Crippen LogP contribution in [0.15, 0.2) is 33.2 Å². The number of ether oxygens (including phenoxy) is 1. The Hall–Kier alpha value is -2.04. The molecular formula is C16H19NO4. The molecule has 21 heavy (non-hydrogen) atoms. The molecule has 2 atom stereocenters. The maximum absolute atomic E-state index is 12.5. The standard InChI is InChI=1S/C16H19NO4/c1-10-3-4-11-7-17(8-12(11)5-10)16(19)14-6-13(18)15(20-2)9-21-14/h3,6,9,11-12H,4-5,7-8H2,1-2H3/t11-,12+/m1/s1. The van der Waals surface area contributed by atoms with Crippen molar-refractivity contribution in [3.05, 3.63) is 40.0 Å². The summed E-state index contributed by atoms with van der Waals surface area (Å²) >= 11 is 0. The zero-order valence-corrected chi connectivity index (χ0v) is 12.3. The van der Waals surface area contributed by atoms with E-state index in [0.717, 1.165) is 25.9 Å². The first kappa shape index (κ1) is 13.9. The highest BCUT2D eigenvalue weighted by atomic mass is 16.5. The Morgan fingerprint density at radius 3 is 2.86 bits per heavy atom. The van der Waals surface area contributed by atoms with Crippen molar-refractivity contribution >= 4 is 5.91 Å². The third-order valence-corrected chi connectivity index (χ3v) is 4.45. The van der Waals surface area contributed by atoms with Gasteiger partial charge in [-0.3, -0.25) is 9.59 Å². The summed E-state index contributed by atoms with van der Waals surface area (Å²) in [6.07, 6.45) is 5.56. The van der Waals surface area contributed by atoms with E-state index in [1.165, 1.54) is 25.0 Å². The molecule has 0 N–H and O–H groups in total. The average Bonchev–Trinajstić information content (AvgIpc) is 2.89. The minimum absolute atomic E-state index is 0.0872. The minimum Gasteiger partial charge on any atom is -0.490 e. The van der Waals surface area contributed by atoms with E-state index in [0.29, 0.717) is 11.8 Å². The fraction of sp³-hybridized carbons (Fsp3) is 0.500. The lowest BCUT2D eigenvalue weighted by Crippen LogP contribution is -2.29. The van der Waals surface area contributed by atoms with E-state index >= 15 is 0 Å². The third kappa shape index (κ3) is 2.60. The second kappa shape index (κ2) is 5.39. The average molecular weight is 289 g/mol. The molecule has 1 aliphatic carbocycles. The summed E-state index contributed by atoms with van der Waals surface area (Å²) < 4.78 is 10.1. The Labute approximate surface area is 123 Å². The molecular weight excluding hydrogens is 270 g/mol. The lowest BCUT2D eigenvalue weighted by molar-refractivity contribution is 0.0749. The van der Waals surface area contributed by atoms with Crippen LogP contribution in [-0.2, 0) is 0 Å². The van der Waals surface area contributed by atoms with Crippen LogP contribution in [0.1, 0.15) is 30.3 Å². The Morgan fingerprint density at radius 1 is 1.38 bits per heavy atom. The topological polar surface area (TPSA) is 59.8 Å². The van der Waals surface area contributed by atoms with Crippen molar-refractivity contribution in [3.8, 4) is 5.75 Å². The van der Waals surface area contributed by atoms with Crippen molar-refractivity contribution in [2.24, 2.45) is 11.8 Å². The van der Waals surface area contributed by atoms with Crippen molar-refractivity contribution in [1.82, 2.24) is 4.90 Å². The summed E-state index contributed by atoms with van der Waals surface area (Å²) in [6, 6.07) is 1.21. The van der Waals surface area contributed by atoms with Gasteiger partial charge >= 0.3 is 0 Å². The largest absolute Gasteiger partial charge is 0.490 e. The van der Waals surface area contributed by atoms with E-state index in [-0.39, 0.29) is 22.8 Å². The van der Waals surface area contributed by atoms with E-state index in [2.05, 4.69) is 13.0 Å². The molecule has 0 spiro atoms. The summed E-state index contributed by atoms with van der Waals surface area (Å²) in [5, 5.41) is 0. The minimum atomic E-state index is -0.332. The van der Waals surface area contributed by atoms with Gasteiger partial charge in [0.25, 0.3) is 5.91 Å². The van der Waals surface area contributed by atoms with Crippen LogP contribution in [-0.4, -0.2) is 31.0 Å². The number of rotatable bonds is 2. The van der Waals surface area contributed by atoms with Crippen LogP contribution in [0.3, 0.4) is 0 Å². The number of hydrogen-bond donors (Lipinski definition) is 0. The predicted octanol–water partition coefficient (Wildman–Crippen LogP) is 2.08. The van der Waals surface area contributed by atoms with Crippen LogP contribution in [0, 0.1) is 11.8 Å². The highest BCUT2D eigenvalue weighted by Gasteiger charge is 2.37. The molecule has 1 fully saturated rings. The Bertz CT molecular complexity index is 646. The molecule has 2 aliphatic rings. The van der Waals surface area contributed by atoms with Crippen LogP contribution >= 0.6 is 0 Å². The number of carbonyl (C=O) groups excluding carboxylic acids is 1. The fourth-order valence-electron chi connectivity index (χ4n) is 3.27. The maximum atomic E-state index is 12.5. The molecule has 5 nitrogen and oxygen atoms in total. The zero-order valence-electron chi connectivity index (χ0n) is 12.3. The van der Waals surface area contributed by atoms with Gasteiger partial charge in [0, 0.05) is 19.2 Å². The molecule has 2 heterocycles. The summed E-state index contributed by atoms with van der Waals surface area (Å²) in [5.41, 5.74) is 1.07. The number of allylic oxidation sites excluding steroid dienone is 2. The van der Waals surface area contributed by atoms with E-state index in [1.54, 1.807) is 4.90 Å². The summed E-state index contributed by atoms with van der Waals surface area (Å²) in [4.78, 5) is 26.0. The number of amides is 1. The van der Waals surface area contributed by atoms with Gasteiger partial charge < -0.3 is 14.1 Å². The molecule has 1 saturated heterocycles. The van der Waals surface area contributed by atoms with Gasteiger partial charge in [0.1, 0.15) is 6.26 Å². The molecule has 0 aromatic carbocycles. The van der Waals surface area contributed by atoms with Crippen LogP contribution in [0.2, 0.25) is 0 Å².